The van der Waals surface area contributed by atoms with Gasteiger partial charge >= 0.3 is 0 Å². The van der Waals surface area contributed by atoms with E-state index < -0.39 is 0 Å². The Hall–Kier alpha value is -0.980. The van der Waals surface area contributed by atoms with E-state index >= 15 is 0 Å². The lowest BCUT2D eigenvalue weighted by atomic mass is 9.95. The molecule has 2 N–H and O–H groups in total. The van der Waals surface area contributed by atoms with Crippen LogP contribution in [0.2, 0.25) is 0 Å². The third-order valence-electron chi connectivity index (χ3n) is 5.56. The van der Waals surface area contributed by atoms with Gasteiger partial charge in [0.1, 0.15) is 5.01 Å². The Morgan fingerprint density at radius 1 is 1.23 bits per heavy atom. The molecule has 1 saturated heterocycles. The van der Waals surface area contributed by atoms with Gasteiger partial charge in [0.05, 0.1) is 12.2 Å². The number of nitrogens with two attached hydrogens (primary N) is 1. The van der Waals surface area contributed by atoms with Gasteiger partial charge in [0, 0.05) is 55.5 Å². The van der Waals surface area contributed by atoms with E-state index in [1.807, 2.05) is 11.3 Å². The second kappa shape index (κ2) is 8.36. The first-order valence-electron chi connectivity index (χ1n) is 9.34. The topological polar surface area (TPSA) is 45.4 Å². The highest BCUT2D eigenvalue weighted by Gasteiger charge is 2.32. The predicted octanol–water partition coefficient (Wildman–Crippen LogP) is 3.26. The van der Waals surface area contributed by atoms with Crippen molar-refractivity contribution in [2.24, 2.45) is 5.73 Å². The number of hydrogen-bond acceptors (Lipinski definition) is 5. The van der Waals surface area contributed by atoms with Crippen molar-refractivity contribution < 1.29 is 0 Å². The van der Waals surface area contributed by atoms with Crippen molar-refractivity contribution in [3.8, 4) is 0 Å². The SMILES string of the molecule is CC(C)N1CCc2nc(CN3C[C@@H](N)[C@H](c4ccccc4)C3)sc2C1.Cl. The maximum Gasteiger partial charge on any atom is 0.107 e. The monoisotopic (exact) mass is 392 g/mol. The number of benzene rings is 1. The molecule has 4 rings (SSSR count). The van der Waals surface area contributed by atoms with Gasteiger partial charge in [-0.05, 0) is 19.4 Å². The fourth-order valence-electron chi connectivity index (χ4n) is 4.06. The van der Waals surface area contributed by atoms with E-state index in [1.165, 1.54) is 21.1 Å². The highest BCUT2D eigenvalue weighted by atomic mass is 35.5. The molecule has 0 unspecified atom stereocenters. The van der Waals surface area contributed by atoms with Crippen LogP contribution in [-0.2, 0) is 19.5 Å². The Morgan fingerprint density at radius 2 is 2.00 bits per heavy atom. The standard InChI is InChI=1S/C20H28N4S.ClH/c1-14(2)24-9-8-18-19(12-24)25-20(22-18)13-23-10-16(17(21)11-23)15-6-4-3-5-7-15;/h3-7,14,16-17H,8-13,21H2,1-2H3;1H/t16-,17+;/m0./s1. The Kier molecular flexibility index (Phi) is 6.36. The van der Waals surface area contributed by atoms with Gasteiger partial charge in [0.2, 0.25) is 0 Å². The van der Waals surface area contributed by atoms with Crippen molar-refractivity contribution in [3.63, 3.8) is 0 Å². The third kappa shape index (κ3) is 4.12. The number of halogens is 1. The van der Waals surface area contributed by atoms with Gasteiger partial charge in [-0.25, -0.2) is 4.98 Å². The zero-order valence-corrected chi connectivity index (χ0v) is 17.2. The summed E-state index contributed by atoms with van der Waals surface area (Å²) < 4.78 is 0. The Balaban J connectivity index is 0.00000196. The third-order valence-corrected chi connectivity index (χ3v) is 6.63. The van der Waals surface area contributed by atoms with Crippen molar-refractivity contribution >= 4 is 23.7 Å². The summed E-state index contributed by atoms with van der Waals surface area (Å²) in [5, 5.41) is 1.26. The zero-order valence-electron chi connectivity index (χ0n) is 15.6. The fraction of sp³-hybridized carbons (Fsp3) is 0.550. The van der Waals surface area contributed by atoms with Crippen molar-refractivity contribution in [2.45, 2.75) is 51.4 Å². The summed E-state index contributed by atoms with van der Waals surface area (Å²) in [5.74, 6) is 0.437. The molecular formula is C20H29ClN4S. The molecule has 2 aliphatic rings. The molecule has 1 aromatic heterocycles. The molecule has 2 aliphatic heterocycles. The van der Waals surface area contributed by atoms with E-state index in [1.54, 1.807) is 0 Å². The van der Waals surface area contributed by atoms with Crippen LogP contribution in [0.1, 0.15) is 40.9 Å². The van der Waals surface area contributed by atoms with E-state index in [2.05, 4.69) is 54.0 Å². The van der Waals surface area contributed by atoms with Crippen LogP contribution in [0.4, 0.5) is 0 Å². The number of rotatable bonds is 4. The highest BCUT2D eigenvalue weighted by molar-refractivity contribution is 7.11. The van der Waals surface area contributed by atoms with E-state index in [0.29, 0.717) is 12.0 Å². The normalized spacial score (nSPS) is 23.8. The number of thiazole rings is 1. The van der Waals surface area contributed by atoms with Gasteiger partial charge in [0.25, 0.3) is 0 Å². The van der Waals surface area contributed by atoms with Crippen LogP contribution < -0.4 is 5.73 Å². The van der Waals surface area contributed by atoms with Crippen molar-refractivity contribution in [1.29, 1.82) is 0 Å². The van der Waals surface area contributed by atoms with Crippen molar-refractivity contribution in [3.05, 3.63) is 51.5 Å². The van der Waals surface area contributed by atoms with Crippen LogP contribution in [-0.4, -0.2) is 46.5 Å². The van der Waals surface area contributed by atoms with Gasteiger partial charge < -0.3 is 5.73 Å². The minimum atomic E-state index is 0. The van der Waals surface area contributed by atoms with Crippen LogP contribution >= 0.6 is 23.7 Å². The van der Waals surface area contributed by atoms with Gasteiger partial charge in [0.15, 0.2) is 0 Å². The molecule has 142 valence electrons. The van der Waals surface area contributed by atoms with E-state index in [0.717, 1.165) is 39.1 Å². The molecule has 0 spiro atoms. The Morgan fingerprint density at radius 3 is 2.73 bits per heavy atom. The predicted molar refractivity (Wildman–Crippen MR) is 111 cm³/mol. The lowest BCUT2D eigenvalue weighted by Gasteiger charge is -2.29. The molecule has 0 bridgehead atoms. The molecule has 4 nitrogen and oxygen atoms in total. The molecule has 3 heterocycles. The van der Waals surface area contributed by atoms with Crippen LogP contribution in [0.3, 0.4) is 0 Å². The summed E-state index contributed by atoms with van der Waals surface area (Å²) in [7, 11) is 0. The maximum absolute atomic E-state index is 6.44. The molecule has 0 aliphatic carbocycles. The molecule has 2 aromatic rings. The molecule has 6 heteroatoms. The minimum Gasteiger partial charge on any atom is -0.326 e. The number of likely N-dealkylation sites (tertiary alicyclic amines) is 1. The summed E-state index contributed by atoms with van der Waals surface area (Å²) in [6.45, 7) is 9.70. The van der Waals surface area contributed by atoms with E-state index in [-0.39, 0.29) is 18.4 Å². The lowest BCUT2D eigenvalue weighted by molar-refractivity contribution is 0.205. The van der Waals surface area contributed by atoms with Gasteiger partial charge in [-0.3, -0.25) is 9.80 Å². The summed E-state index contributed by atoms with van der Waals surface area (Å²) in [6.07, 6.45) is 1.09. The fourth-order valence-corrected chi connectivity index (χ4v) is 5.25. The van der Waals surface area contributed by atoms with Gasteiger partial charge in [-0.15, -0.1) is 23.7 Å². The quantitative estimate of drug-likeness (QED) is 0.867. The second-order valence-corrected chi connectivity index (χ2v) is 8.83. The first-order valence-corrected chi connectivity index (χ1v) is 10.2. The molecule has 1 aromatic carbocycles. The molecule has 1 fully saturated rings. The summed E-state index contributed by atoms with van der Waals surface area (Å²) in [6, 6.07) is 11.5. The first-order chi connectivity index (χ1) is 12.1. The second-order valence-electron chi connectivity index (χ2n) is 7.67. The molecule has 0 amide bonds. The van der Waals surface area contributed by atoms with Crippen molar-refractivity contribution in [2.75, 3.05) is 19.6 Å². The van der Waals surface area contributed by atoms with Crippen LogP contribution in [0, 0.1) is 0 Å². The average Bonchev–Trinajstić information content (AvgIpc) is 3.17. The van der Waals surface area contributed by atoms with Crippen molar-refractivity contribution in [1.82, 2.24) is 14.8 Å². The number of hydrogen-bond donors (Lipinski definition) is 1. The zero-order chi connectivity index (χ0) is 17.4. The first kappa shape index (κ1) is 19.8. The average molecular weight is 393 g/mol. The van der Waals surface area contributed by atoms with Crippen LogP contribution in [0.25, 0.3) is 0 Å². The van der Waals surface area contributed by atoms with E-state index in [9.17, 15) is 0 Å². The number of fused-ring (bicyclic) bond motifs is 1. The summed E-state index contributed by atoms with van der Waals surface area (Å²) in [5.41, 5.74) is 9.14. The summed E-state index contributed by atoms with van der Waals surface area (Å²) >= 11 is 1.91. The van der Waals surface area contributed by atoms with Crippen LogP contribution in [0.15, 0.2) is 30.3 Å². The summed E-state index contributed by atoms with van der Waals surface area (Å²) in [4.78, 5) is 11.4. The lowest BCUT2D eigenvalue weighted by Crippen LogP contribution is -2.35. The molecule has 2 atom stereocenters. The molecule has 26 heavy (non-hydrogen) atoms. The number of nitrogens with zero attached hydrogens (tertiary/aromatic N) is 3. The van der Waals surface area contributed by atoms with Gasteiger partial charge in [-0.2, -0.15) is 0 Å². The molecular weight excluding hydrogens is 364 g/mol. The molecule has 0 saturated carbocycles. The Bertz CT molecular complexity index is 718. The Labute approximate surface area is 166 Å². The maximum atomic E-state index is 6.44. The molecule has 0 radical (unpaired) electrons. The van der Waals surface area contributed by atoms with Crippen LogP contribution in [0.5, 0.6) is 0 Å². The minimum absolute atomic E-state index is 0. The largest absolute Gasteiger partial charge is 0.326 e. The van der Waals surface area contributed by atoms with E-state index in [4.69, 9.17) is 10.7 Å². The smallest absolute Gasteiger partial charge is 0.107 e. The highest BCUT2D eigenvalue weighted by Crippen LogP contribution is 2.30. The van der Waals surface area contributed by atoms with Gasteiger partial charge in [-0.1, -0.05) is 30.3 Å². The number of aromatic nitrogens is 1.